The van der Waals surface area contributed by atoms with Crippen molar-refractivity contribution in [1.82, 2.24) is 0 Å². The monoisotopic (exact) mass is 178 g/mol. The van der Waals surface area contributed by atoms with E-state index in [1.54, 1.807) is 0 Å². The SMILES string of the molecule is CC=C1C=C(C(C)(C)C)C(O)=CC1. The van der Waals surface area contributed by atoms with Gasteiger partial charge in [-0.1, -0.05) is 32.9 Å². The molecule has 0 unspecified atom stereocenters. The zero-order valence-electron chi connectivity index (χ0n) is 8.89. The average Bonchev–Trinajstić information content (AvgIpc) is 2.03. The van der Waals surface area contributed by atoms with Crippen molar-refractivity contribution in [2.75, 3.05) is 0 Å². The van der Waals surface area contributed by atoms with Crippen molar-refractivity contribution in [3.63, 3.8) is 0 Å². The summed E-state index contributed by atoms with van der Waals surface area (Å²) in [4.78, 5) is 0. The summed E-state index contributed by atoms with van der Waals surface area (Å²) in [7, 11) is 0. The zero-order valence-corrected chi connectivity index (χ0v) is 8.89. The minimum atomic E-state index is 0.0231. The lowest BCUT2D eigenvalue weighted by Crippen LogP contribution is -2.13. The molecule has 0 aromatic rings. The molecule has 1 aliphatic carbocycles. The molecule has 13 heavy (non-hydrogen) atoms. The first-order chi connectivity index (χ1) is 5.95. The molecular formula is C12H18O. The highest BCUT2D eigenvalue weighted by Gasteiger charge is 2.22. The Morgan fingerprint density at radius 1 is 1.38 bits per heavy atom. The minimum Gasteiger partial charge on any atom is -0.508 e. The second-order valence-corrected chi connectivity index (χ2v) is 4.47. The van der Waals surface area contributed by atoms with Gasteiger partial charge in [0.1, 0.15) is 5.76 Å². The summed E-state index contributed by atoms with van der Waals surface area (Å²) in [5, 5.41) is 9.68. The van der Waals surface area contributed by atoms with Crippen LogP contribution in [0, 0.1) is 5.41 Å². The third-order valence-corrected chi connectivity index (χ3v) is 2.32. The molecule has 0 heterocycles. The highest BCUT2D eigenvalue weighted by molar-refractivity contribution is 5.42. The van der Waals surface area contributed by atoms with E-state index in [1.165, 1.54) is 5.57 Å². The Kier molecular flexibility index (Phi) is 2.65. The topological polar surface area (TPSA) is 20.2 Å². The summed E-state index contributed by atoms with van der Waals surface area (Å²) < 4.78 is 0. The molecule has 0 aromatic carbocycles. The van der Waals surface area contributed by atoms with Crippen LogP contribution in [0.15, 0.2) is 35.1 Å². The fourth-order valence-electron chi connectivity index (χ4n) is 1.44. The standard InChI is InChI=1S/C12H18O/c1-5-9-6-7-11(13)10(8-9)12(2,3)4/h5,7-8,13H,6H2,1-4H3. The van der Waals surface area contributed by atoms with Crippen molar-refractivity contribution >= 4 is 0 Å². The van der Waals surface area contributed by atoms with Crippen LogP contribution in [0.1, 0.15) is 34.1 Å². The lowest BCUT2D eigenvalue weighted by atomic mass is 9.81. The first-order valence-corrected chi connectivity index (χ1v) is 4.72. The Morgan fingerprint density at radius 2 is 2.00 bits per heavy atom. The maximum atomic E-state index is 9.68. The Hall–Kier alpha value is -0.980. The highest BCUT2D eigenvalue weighted by Crippen LogP contribution is 2.34. The van der Waals surface area contributed by atoms with Crippen LogP contribution in [0.3, 0.4) is 0 Å². The van der Waals surface area contributed by atoms with Crippen LogP contribution in [0.2, 0.25) is 0 Å². The van der Waals surface area contributed by atoms with Gasteiger partial charge in [-0.2, -0.15) is 0 Å². The third kappa shape index (κ3) is 2.24. The van der Waals surface area contributed by atoms with Crippen molar-refractivity contribution < 1.29 is 5.11 Å². The number of rotatable bonds is 0. The van der Waals surface area contributed by atoms with Crippen molar-refractivity contribution in [3.05, 3.63) is 35.1 Å². The molecule has 0 aliphatic heterocycles. The van der Waals surface area contributed by atoms with Crippen molar-refractivity contribution in [2.24, 2.45) is 5.41 Å². The van der Waals surface area contributed by atoms with Crippen LogP contribution >= 0.6 is 0 Å². The first-order valence-electron chi connectivity index (χ1n) is 4.72. The third-order valence-electron chi connectivity index (χ3n) is 2.32. The van der Waals surface area contributed by atoms with E-state index in [2.05, 4.69) is 32.9 Å². The molecule has 1 aliphatic rings. The molecule has 0 saturated heterocycles. The van der Waals surface area contributed by atoms with Gasteiger partial charge in [0.15, 0.2) is 0 Å². The van der Waals surface area contributed by atoms with E-state index in [4.69, 9.17) is 0 Å². The van der Waals surface area contributed by atoms with Crippen LogP contribution in [0.5, 0.6) is 0 Å². The molecule has 0 bridgehead atoms. The molecule has 0 aromatic heterocycles. The van der Waals surface area contributed by atoms with Crippen LogP contribution in [0.4, 0.5) is 0 Å². The maximum absolute atomic E-state index is 9.68. The molecule has 0 atom stereocenters. The zero-order chi connectivity index (χ0) is 10.1. The number of hydrogen-bond acceptors (Lipinski definition) is 1. The van der Waals surface area contributed by atoms with Gasteiger partial charge < -0.3 is 5.11 Å². The summed E-state index contributed by atoms with van der Waals surface area (Å²) in [6.45, 7) is 8.37. The molecule has 1 rings (SSSR count). The molecule has 0 fully saturated rings. The average molecular weight is 178 g/mol. The van der Waals surface area contributed by atoms with E-state index in [0.29, 0.717) is 5.76 Å². The second-order valence-electron chi connectivity index (χ2n) is 4.47. The predicted octanol–water partition coefficient (Wildman–Crippen LogP) is 3.75. The van der Waals surface area contributed by atoms with E-state index in [1.807, 2.05) is 13.0 Å². The summed E-state index contributed by atoms with van der Waals surface area (Å²) in [6, 6.07) is 0. The van der Waals surface area contributed by atoms with Gasteiger partial charge in [-0.05, 0) is 36.0 Å². The Balaban J connectivity index is 3.06. The number of allylic oxidation sites excluding steroid dienone is 5. The quantitative estimate of drug-likeness (QED) is 0.599. The Bertz CT molecular complexity index is 285. The molecular weight excluding hydrogens is 160 g/mol. The summed E-state index contributed by atoms with van der Waals surface area (Å²) in [5.41, 5.74) is 2.34. The molecule has 0 spiro atoms. The molecule has 72 valence electrons. The van der Waals surface area contributed by atoms with Gasteiger partial charge in [-0.3, -0.25) is 0 Å². The van der Waals surface area contributed by atoms with Gasteiger partial charge in [0.25, 0.3) is 0 Å². The van der Waals surface area contributed by atoms with E-state index < -0.39 is 0 Å². The molecule has 0 saturated carbocycles. The second kappa shape index (κ2) is 3.41. The maximum Gasteiger partial charge on any atom is 0.115 e. The van der Waals surface area contributed by atoms with E-state index in [-0.39, 0.29) is 5.41 Å². The minimum absolute atomic E-state index is 0.0231. The van der Waals surface area contributed by atoms with Gasteiger partial charge in [-0.25, -0.2) is 0 Å². The fraction of sp³-hybridized carbons (Fsp3) is 0.500. The van der Waals surface area contributed by atoms with Gasteiger partial charge >= 0.3 is 0 Å². The van der Waals surface area contributed by atoms with Gasteiger partial charge in [0.05, 0.1) is 0 Å². The lowest BCUT2D eigenvalue weighted by Gasteiger charge is -2.25. The Morgan fingerprint density at radius 3 is 2.46 bits per heavy atom. The van der Waals surface area contributed by atoms with Gasteiger partial charge in [0.2, 0.25) is 0 Å². The summed E-state index contributed by atoms with van der Waals surface area (Å²) in [6.07, 6.45) is 6.92. The van der Waals surface area contributed by atoms with E-state index in [9.17, 15) is 5.11 Å². The fourth-order valence-corrected chi connectivity index (χ4v) is 1.44. The van der Waals surface area contributed by atoms with Crippen LogP contribution < -0.4 is 0 Å². The van der Waals surface area contributed by atoms with Gasteiger partial charge in [0, 0.05) is 0 Å². The first kappa shape index (κ1) is 10.1. The smallest absolute Gasteiger partial charge is 0.115 e. The summed E-state index contributed by atoms with van der Waals surface area (Å²) >= 11 is 0. The van der Waals surface area contributed by atoms with Crippen LogP contribution in [-0.4, -0.2) is 5.11 Å². The number of aliphatic hydroxyl groups is 1. The van der Waals surface area contributed by atoms with E-state index >= 15 is 0 Å². The van der Waals surface area contributed by atoms with E-state index in [0.717, 1.165) is 12.0 Å². The van der Waals surface area contributed by atoms with Crippen LogP contribution in [0.25, 0.3) is 0 Å². The van der Waals surface area contributed by atoms with Crippen LogP contribution in [-0.2, 0) is 0 Å². The summed E-state index contributed by atoms with van der Waals surface area (Å²) in [5.74, 6) is 0.443. The van der Waals surface area contributed by atoms with Crippen molar-refractivity contribution in [1.29, 1.82) is 0 Å². The number of hydrogen-bond donors (Lipinski definition) is 1. The largest absolute Gasteiger partial charge is 0.508 e. The van der Waals surface area contributed by atoms with Crippen molar-refractivity contribution in [3.8, 4) is 0 Å². The Labute approximate surface area is 80.5 Å². The van der Waals surface area contributed by atoms with Crippen molar-refractivity contribution in [2.45, 2.75) is 34.1 Å². The molecule has 1 heteroatoms. The highest BCUT2D eigenvalue weighted by atomic mass is 16.3. The normalized spacial score (nSPS) is 21.4. The molecule has 1 nitrogen and oxygen atoms in total. The predicted molar refractivity (Wildman–Crippen MR) is 56.6 cm³/mol. The lowest BCUT2D eigenvalue weighted by molar-refractivity contribution is 0.375. The number of aliphatic hydroxyl groups excluding tert-OH is 1. The van der Waals surface area contributed by atoms with Gasteiger partial charge in [-0.15, -0.1) is 0 Å². The molecule has 0 amide bonds. The molecule has 0 radical (unpaired) electrons. The molecule has 1 N–H and O–H groups in total.